The van der Waals surface area contributed by atoms with Crippen molar-refractivity contribution < 1.29 is 0 Å². The minimum atomic E-state index is 0.188. The van der Waals surface area contributed by atoms with Gasteiger partial charge in [-0.2, -0.15) is 34.0 Å². The molecule has 0 fully saturated rings. The van der Waals surface area contributed by atoms with Crippen LogP contribution in [0.4, 0.5) is 0 Å². The third-order valence-electron chi connectivity index (χ3n) is 4.66. The maximum absolute atomic E-state index is 9.76. The van der Waals surface area contributed by atoms with Crippen LogP contribution in [-0.2, 0) is 12.8 Å². The second kappa shape index (κ2) is 7.34. The predicted molar refractivity (Wildman–Crippen MR) is 102 cm³/mol. The average Bonchev–Trinajstić information content (AvgIpc) is 2.62. The highest BCUT2D eigenvalue weighted by Crippen LogP contribution is 2.40. The molecular weight excluding hydrogens is 332 g/mol. The summed E-state index contributed by atoms with van der Waals surface area (Å²) in [6.45, 7) is 0. The molecule has 24 heavy (non-hydrogen) atoms. The molecular formula is C20H18N2S2. The first-order valence-corrected chi connectivity index (χ1v) is 10.4. The molecule has 3 rings (SSSR count). The number of rotatable bonds is 2. The van der Waals surface area contributed by atoms with Crippen molar-refractivity contribution in [3.05, 3.63) is 69.8 Å². The molecule has 2 unspecified atom stereocenters. The highest BCUT2D eigenvalue weighted by Gasteiger charge is 2.25. The number of hydrogen-bond acceptors (Lipinski definition) is 4. The Kier molecular flexibility index (Phi) is 5.19. The van der Waals surface area contributed by atoms with Gasteiger partial charge in [0.25, 0.3) is 0 Å². The largest absolute Gasteiger partial charge is 0.192 e. The quantitative estimate of drug-likeness (QED) is 0.761. The summed E-state index contributed by atoms with van der Waals surface area (Å²) >= 11 is 3.49. The third-order valence-corrected chi connectivity index (χ3v) is 6.64. The standard InChI is InChI=1S/C20H18N2S2/c1-23-19-9-13-5-4-8-16(18(13)12-22)20(24-2)10-14-6-3-7-15(19)17(14)11-21/h3-8,19-20H,9-10H2,1-2H3. The number of nitriles is 2. The predicted octanol–water partition coefficient (Wildman–Crippen LogP) is 5.04. The molecule has 4 heteroatoms. The zero-order valence-electron chi connectivity index (χ0n) is 13.7. The van der Waals surface area contributed by atoms with E-state index in [2.05, 4.69) is 61.0 Å². The zero-order valence-corrected chi connectivity index (χ0v) is 15.4. The molecule has 0 saturated heterocycles. The summed E-state index contributed by atoms with van der Waals surface area (Å²) in [5.74, 6) is 0. The van der Waals surface area contributed by atoms with Crippen LogP contribution in [0.1, 0.15) is 43.9 Å². The minimum absolute atomic E-state index is 0.188. The van der Waals surface area contributed by atoms with Crippen LogP contribution in [0.3, 0.4) is 0 Å². The van der Waals surface area contributed by atoms with Gasteiger partial charge in [0.05, 0.1) is 23.3 Å². The van der Waals surface area contributed by atoms with Crippen molar-refractivity contribution in [2.45, 2.75) is 23.3 Å². The molecule has 120 valence electrons. The van der Waals surface area contributed by atoms with Crippen molar-refractivity contribution in [3.63, 3.8) is 0 Å². The molecule has 0 saturated carbocycles. The van der Waals surface area contributed by atoms with Crippen LogP contribution in [0.25, 0.3) is 0 Å². The molecule has 0 radical (unpaired) electrons. The van der Waals surface area contributed by atoms with E-state index in [4.69, 9.17) is 0 Å². The second-order valence-corrected chi connectivity index (χ2v) is 7.92. The molecule has 0 N–H and O–H groups in total. The van der Waals surface area contributed by atoms with Crippen LogP contribution in [0, 0.1) is 22.7 Å². The number of fused-ring (bicyclic) bond motifs is 4. The van der Waals surface area contributed by atoms with E-state index in [1.807, 2.05) is 0 Å². The summed E-state index contributed by atoms with van der Waals surface area (Å²) in [4.78, 5) is 0. The molecule has 0 aromatic heterocycles. The minimum Gasteiger partial charge on any atom is -0.192 e. The van der Waals surface area contributed by atoms with E-state index in [9.17, 15) is 10.5 Å². The van der Waals surface area contributed by atoms with Crippen molar-refractivity contribution in [2.24, 2.45) is 0 Å². The van der Waals surface area contributed by atoms with Gasteiger partial charge in [0.1, 0.15) is 0 Å². The highest BCUT2D eigenvalue weighted by molar-refractivity contribution is 7.99. The Bertz CT molecular complexity index is 774. The van der Waals surface area contributed by atoms with Crippen molar-refractivity contribution in [1.29, 1.82) is 10.5 Å². The molecule has 0 amide bonds. The Hall–Kier alpha value is -1.88. The molecule has 1 aliphatic rings. The maximum Gasteiger partial charge on any atom is 0.0997 e. The molecule has 0 aliphatic heterocycles. The van der Waals surface area contributed by atoms with Crippen LogP contribution in [0.5, 0.6) is 0 Å². The zero-order chi connectivity index (χ0) is 17.1. The van der Waals surface area contributed by atoms with Gasteiger partial charge in [-0.15, -0.1) is 0 Å². The fourth-order valence-corrected chi connectivity index (χ4v) is 5.02. The normalized spacial score (nSPS) is 19.2. The van der Waals surface area contributed by atoms with Gasteiger partial charge < -0.3 is 0 Å². The Morgan fingerprint density at radius 1 is 0.792 bits per heavy atom. The first-order valence-electron chi connectivity index (χ1n) is 7.82. The number of benzene rings is 2. The van der Waals surface area contributed by atoms with E-state index in [0.717, 1.165) is 46.2 Å². The van der Waals surface area contributed by atoms with Crippen LogP contribution in [-0.4, -0.2) is 12.5 Å². The van der Waals surface area contributed by atoms with Crippen LogP contribution in [0.2, 0.25) is 0 Å². The Balaban J connectivity index is 2.27. The topological polar surface area (TPSA) is 47.6 Å². The van der Waals surface area contributed by atoms with Gasteiger partial charge in [-0.1, -0.05) is 36.4 Å². The number of hydrogen-bond donors (Lipinski definition) is 0. The molecule has 0 spiro atoms. The Morgan fingerprint density at radius 3 is 1.54 bits per heavy atom. The lowest BCUT2D eigenvalue weighted by molar-refractivity contribution is 0.869. The fraction of sp³-hybridized carbons (Fsp3) is 0.300. The van der Waals surface area contributed by atoms with Gasteiger partial charge in [0.2, 0.25) is 0 Å². The molecule has 4 bridgehead atoms. The van der Waals surface area contributed by atoms with E-state index in [1.54, 1.807) is 23.5 Å². The summed E-state index contributed by atoms with van der Waals surface area (Å²) in [7, 11) is 0. The Morgan fingerprint density at radius 2 is 1.21 bits per heavy atom. The van der Waals surface area contributed by atoms with E-state index in [-0.39, 0.29) is 10.5 Å². The highest BCUT2D eigenvalue weighted by atomic mass is 32.2. The van der Waals surface area contributed by atoms with E-state index in [1.165, 1.54) is 0 Å². The van der Waals surface area contributed by atoms with Gasteiger partial charge in [-0.25, -0.2) is 0 Å². The van der Waals surface area contributed by atoms with Gasteiger partial charge in [-0.05, 0) is 47.6 Å². The summed E-state index contributed by atoms with van der Waals surface area (Å²) in [5, 5.41) is 19.9. The Labute approximate surface area is 151 Å². The van der Waals surface area contributed by atoms with Crippen molar-refractivity contribution in [1.82, 2.24) is 0 Å². The lowest BCUT2D eigenvalue weighted by Crippen LogP contribution is -2.11. The number of nitrogens with zero attached hydrogens (tertiary/aromatic N) is 2. The summed E-state index contributed by atoms with van der Waals surface area (Å²) in [5.41, 5.74) is 6.00. The first-order chi connectivity index (χ1) is 11.7. The van der Waals surface area contributed by atoms with Gasteiger partial charge in [-0.3, -0.25) is 0 Å². The fourth-order valence-electron chi connectivity index (χ4n) is 3.43. The van der Waals surface area contributed by atoms with E-state index < -0.39 is 0 Å². The monoisotopic (exact) mass is 350 g/mol. The lowest BCUT2D eigenvalue weighted by Gasteiger charge is -2.25. The van der Waals surface area contributed by atoms with Gasteiger partial charge in [0, 0.05) is 10.5 Å². The summed E-state index contributed by atoms with van der Waals surface area (Å²) < 4.78 is 0. The molecule has 2 atom stereocenters. The molecule has 0 heterocycles. The average molecular weight is 351 g/mol. The molecule has 1 aliphatic carbocycles. The molecule has 2 nitrogen and oxygen atoms in total. The maximum atomic E-state index is 9.76. The van der Waals surface area contributed by atoms with Crippen molar-refractivity contribution >= 4 is 23.5 Å². The smallest absolute Gasteiger partial charge is 0.0997 e. The van der Waals surface area contributed by atoms with E-state index >= 15 is 0 Å². The van der Waals surface area contributed by atoms with Gasteiger partial charge >= 0.3 is 0 Å². The first kappa shape index (κ1) is 17.0. The molecule has 2 aromatic rings. The van der Waals surface area contributed by atoms with Crippen molar-refractivity contribution in [2.75, 3.05) is 12.5 Å². The number of thioether (sulfide) groups is 2. The SMILES string of the molecule is CSC1Cc2cccc(c2C#N)C(SC)Cc2cccc1c2C#N. The van der Waals surface area contributed by atoms with Crippen LogP contribution >= 0.6 is 23.5 Å². The third kappa shape index (κ3) is 2.93. The second-order valence-electron chi connectivity index (χ2n) is 5.84. The van der Waals surface area contributed by atoms with Crippen molar-refractivity contribution in [3.8, 4) is 12.1 Å². The summed E-state index contributed by atoms with van der Waals surface area (Å²) in [6.07, 6.45) is 5.70. The van der Waals surface area contributed by atoms with Crippen LogP contribution < -0.4 is 0 Å². The van der Waals surface area contributed by atoms with E-state index in [0.29, 0.717) is 0 Å². The molecule has 2 aromatic carbocycles. The van der Waals surface area contributed by atoms with Gasteiger partial charge in [0.15, 0.2) is 0 Å². The van der Waals surface area contributed by atoms with Crippen LogP contribution in [0.15, 0.2) is 36.4 Å². The lowest BCUT2D eigenvalue weighted by atomic mass is 9.87. The summed E-state index contributed by atoms with van der Waals surface area (Å²) in [6, 6.07) is 17.2.